The molecular formula is C21H21FN2O3. The fraction of sp³-hybridized carbons (Fsp3) is 0.333. The molecule has 1 amide bonds. The van der Waals surface area contributed by atoms with Crippen molar-refractivity contribution in [2.45, 2.75) is 37.5 Å². The predicted molar refractivity (Wildman–Crippen MR) is 97.2 cm³/mol. The van der Waals surface area contributed by atoms with Crippen molar-refractivity contribution in [1.29, 1.82) is 0 Å². The second-order valence-corrected chi connectivity index (χ2v) is 7.04. The molecule has 0 radical (unpaired) electrons. The number of carbonyl (C=O) groups is 2. The molecule has 27 heavy (non-hydrogen) atoms. The number of benzene rings is 2. The minimum atomic E-state index is -0.814. The summed E-state index contributed by atoms with van der Waals surface area (Å²) >= 11 is 0. The van der Waals surface area contributed by atoms with Crippen LogP contribution in [0.3, 0.4) is 0 Å². The summed E-state index contributed by atoms with van der Waals surface area (Å²) in [6.07, 6.45) is 0.756. The largest absolute Gasteiger partial charge is 0.451 e. The van der Waals surface area contributed by atoms with Gasteiger partial charge in [0.1, 0.15) is 11.9 Å². The van der Waals surface area contributed by atoms with Crippen LogP contribution in [0, 0.1) is 5.82 Å². The summed E-state index contributed by atoms with van der Waals surface area (Å²) in [6.45, 7) is 0.512. The average Bonchev–Trinajstić information content (AvgIpc) is 2.69. The molecule has 5 nitrogen and oxygen atoms in total. The zero-order valence-electron chi connectivity index (χ0n) is 14.8. The van der Waals surface area contributed by atoms with Crippen LogP contribution in [-0.4, -0.2) is 35.5 Å². The quantitative estimate of drug-likeness (QED) is 0.826. The summed E-state index contributed by atoms with van der Waals surface area (Å²) in [4.78, 5) is 26.8. The van der Waals surface area contributed by atoms with Gasteiger partial charge in [0.25, 0.3) is 5.91 Å². The van der Waals surface area contributed by atoms with Crippen molar-refractivity contribution >= 4 is 11.9 Å². The van der Waals surface area contributed by atoms with E-state index in [9.17, 15) is 14.0 Å². The first-order valence-corrected chi connectivity index (χ1v) is 9.14. The van der Waals surface area contributed by atoms with E-state index in [1.165, 1.54) is 17.7 Å². The molecule has 0 aromatic heterocycles. The maximum atomic E-state index is 13.4. The van der Waals surface area contributed by atoms with E-state index in [0.29, 0.717) is 19.4 Å². The highest BCUT2D eigenvalue weighted by Crippen LogP contribution is 2.36. The Bertz CT molecular complexity index is 868. The second-order valence-electron chi connectivity index (χ2n) is 7.04. The summed E-state index contributed by atoms with van der Waals surface area (Å²) in [5, 5.41) is 0. The van der Waals surface area contributed by atoms with Crippen molar-refractivity contribution in [2.75, 3.05) is 6.54 Å². The Balaban J connectivity index is 1.69. The second kappa shape index (κ2) is 7.12. The Morgan fingerprint density at radius 3 is 2.59 bits per heavy atom. The van der Waals surface area contributed by atoms with E-state index in [1.807, 2.05) is 24.3 Å². The minimum absolute atomic E-state index is 0.223. The molecule has 0 unspecified atom stereocenters. The maximum absolute atomic E-state index is 13.4. The van der Waals surface area contributed by atoms with Gasteiger partial charge in [0.15, 0.2) is 6.10 Å². The van der Waals surface area contributed by atoms with Gasteiger partial charge in [-0.2, -0.15) is 0 Å². The number of carbonyl (C=O) groups excluding carboxylic acids is 2. The molecule has 0 saturated carbocycles. The molecule has 3 atom stereocenters. The fourth-order valence-electron chi connectivity index (χ4n) is 3.90. The van der Waals surface area contributed by atoms with Gasteiger partial charge in [0.2, 0.25) is 0 Å². The molecule has 0 spiro atoms. The third-order valence-corrected chi connectivity index (χ3v) is 5.33. The number of rotatable bonds is 2. The number of hydrogen-bond donors (Lipinski definition) is 1. The van der Waals surface area contributed by atoms with Gasteiger partial charge in [0.05, 0.1) is 6.04 Å². The number of nitrogens with zero attached hydrogens (tertiary/aromatic N) is 1. The van der Waals surface area contributed by atoms with Crippen LogP contribution in [0.25, 0.3) is 0 Å². The van der Waals surface area contributed by atoms with Gasteiger partial charge in [-0.05, 0) is 48.1 Å². The van der Waals surface area contributed by atoms with Crippen molar-refractivity contribution < 1.29 is 18.7 Å². The molecule has 2 aliphatic heterocycles. The molecule has 1 fully saturated rings. The number of nitrogens with two attached hydrogens (primary N) is 1. The Kier molecular flexibility index (Phi) is 4.66. The van der Waals surface area contributed by atoms with Crippen LogP contribution in [-0.2, 0) is 20.7 Å². The average molecular weight is 368 g/mol. The number of cyclic esters (lactones) is 1. The van der Waals surface area contributed by atoms with Crippen molar-refractivity contribution in [3.63, 3.8) is 0 Å². The molecule has 4 rings (SSSR count). The van der Waals surface area contributed by atoms with Crippen molar-refractivity contribution in [3.05, 3.63) is 71.0 Å². The standard InChI is InChI=1S/C21H21FN2O3/c22-15-7-5-14(6-8-15)19-16-4-2-1-3-13(16)11-12-24(19)20(25)18-10-9-17(23)21(26)27-18/h1-8,17-19H,9-12,23H2/t17-,18-,19-/m0/s1. The molecule has 1 saturated heterocycles. The monoisotopic (exact) mass is 368 g/mol. The zero-order chi connectivity index (χ0) is 19.0. The molecule has 2 heterocycles. The van der Waals surface area contributed by atoms with E-state index in [2.05, 4.69) is 0 Å². The topological polar surface area (TPSA) is 72.6 Å². The molecule has 140 valence electrons. The molecule has 0 bridgehead atoms. The maximum Gasteiger partial charge on any atom is 0.323 e. The van der Waals surface area contributed by atoms with Crippen LogP contribution in [0.15, 0.2) is 48.5 Å². The number of amides is 1. The van der Waals surface area contributed by atoms with Crippen molar-refractivity contribution in [1.82, 2.24) is 4.90 Å². The Hall–Kier alpha value is -2.73. The highest BCUT2D eigenvalue weighted by molar-refractivity contribution is 5.87. The smallest absolute Gasteiger partial charge is 0.323 e. The van der Waals surface area contributed by atoms with Crippen LogP contribution in [0.4, 0.5) is 4.39 Å². The molecule has 2 aliphatic rings. The third-order valence-electron chi connectivity index (χ3n) is 5.33. The van der Waals surface area contributed by atoms with Gasteiger partial charge in [-0.15, -0.1) is 0 Å². The van der Waals surface area contributed by atoms with Crippen molar-refractivity contribution in [3.8, 4) is 0 Å². The lowest BCUT2D eigenvalue weighted by Gasteiger charge is -2.40. The van der Waals surface area contributed by atoms with Gasteiger partial charge < -0.3 is 15.4 Å². The normalized spacial score (nSPS) is 24.9. The Morgan fingerprint density at radius 1 is 1.11 bits per heavy atom. The Morgan fingerprint density at radius 2 is 1.85 bits per heavy atom. The van der Waals surface area contributed by atoms with Gasteiger partial charge in [0, 0.05) is 6.54 Å². The highest BCUT2D eigenvalue weighted by atomic mass is 19.1. The van der Waals surface area contributed by atoms with Crippen LogP contribution >= 0.6 is 0 Å². The lowest BCUT2D eigenvalue weighted by molar-refractivity contribution is -0.167. The lowest BCUT2D eigenvalue weighted by Crippen LogP contribution is -2.50. The Labute approximate surface area is 156 Å². The number of ether oxygens (including phenoxy) is 1. The first-order chi connectivity index (χ1) is 13.0. The van der Waals surface area contributed by atoms with Crippen LogP contribution < -0.4 is 5.73 Å². The third kappa shape index (κ3) is 3.32. The summed E-state index contributed by atoms with van der Waals surface area (Å²) < 4.78 is 18.7. The van der Waals surface area contributed by atoms with Gasteiger partial charge in [-0.3, -0.25) is 9.59 Å². The molecule has 0 aliphatic carbocycles. The van der Waals surface area contributed by atoms with Gasteiger partial charge in [-0.25, -0.2) is 4.39 Å². The number of esters is 1. The molecule has 2 aromatic rings. The first-order valence-electron chi connectivity index (χ1n) is 9.14. The SMILES string of the molecule is N[C@H]1CC[C@@H](C(=O)N2CCc3ccccc3[C@@H]2c2ccc(F)cc2)OC1=O. The van der Waals surface area contributed by atoms with E-state index in [-0.39, 0.29) is 17.8 Å². The number of hydrogen-bond acceptors (Lipinski definition) is 4. The van der Waals surface area contributed by atoms with Gasteiger partial charge >= 0.3 is 5.97 Å². The van der Waals surface area contributed by atoms with E-state index < -0.39 is 18.1 Å². The molecule has 2 N–H and O–H groups in total. The summed E-state index contributed by atoms with van der Waals surface area (Å²) in [5.74, 6) is -1.08. The summed E-state index contributed by atoms with van der Waals surface area (Å²) in [7, 11) is 0. The van der Waals surface area contributed by atoms with E-state index in [1.54, 1.807) is 17.0 Å². The molecule has 6 heteroatoms. The van der Waals surface area contributed by atoms with Crippen molar-refractivity contribution in [2.24, 2.45) is 5.73 Å². The number of fused-ring (bicyclic) bond motifs is 1. The van der Waals surface area contributed by atoms with E-state index in [4.69, 9.17) is 10.5 Å². The highest BCUT2D eigenvalue weighted by Gasteiger charge is 2.39. The fourth-order valence-corrected chi connectivity index (χ4v) is 3.90. The zero-order valence-corrected chi connectivity index (χ0v) is 14.8. The van der Waals surface area contributed by atoms with Gasteiger partial charge in [-0.1, -0.05) is 36.4 Å². The van der Waals surface area contributed by atoms with E-state index >= 15 is 0 Å². The number of halogens is 1. The first kappa shape index (κ1) is 17.7. The molecule has 2 aromatic carbocycles. The van der Waals surface area contributed by atoms with Crippen LogP contribution in [0.5, 0.6) is 0 Å². The minimum Gasteiger partial charge on any atom is -0.451 e. The lowest BCUT2D eigenvalue weighted by atomic mass is 9.87. The predicted octanol–water partition coefficient (Wildman–Crippen LogP) is 2.33. The van der Waals surface area contributed by atoms with E-state index in [0.717, 1.165) is 17.5 Å². The van der Waals surface area contributed by atoms with Crippen LogP contribution in [0.1, 0.15) is 35.6 Å². The molecular weight excluding hydrogens is 347 g/mol. The van der Waals surface area contributed by atoms with Crippen LogP contribution in [0.2, 0.25) is 0 Å². The summed E-state index contributed by atoms with van der Waals surface area (Å²) in [5.41, 5.74) is 8.69. The summed E-state index contributed by atoms with van der Waals surface area (Å²) in [6, 6.07) is 13.1.